The Balaban J connectivity index is 1.96. The van der Waals surface area contributed by atoms with E-state index in [1.807, 2.05) is 0 Å². The smallest absolute Gasteiger partial charge is 0.416 e. The van der Waals surface area contributed by atoms with Gasteiger partial charge in [0.2, 0.25) is 5.75 Å². The minimum Gasteiger partial charge on any atom is -0.490 e. The summed E-state index contributed by atoms with van der Waals surface area (Å²) in [6.45, 7) is 1.94. The molecule has 0 N–H and O–H groups in total. The van der Waals surface area contributed by atoms with E-state index >= 15 is 0 Å². The van der Waals surface area contributed by atoms with Crippen LogP contribution >= 0.6 is 24.0 Å². The van der Waals surface area contributed by atoms with E-state index in [0.29, 0.717) is 26.9 Å². The van der Waals surface area contributed by atoms with Gasteiger partial charge in [0, 0.05) is 13.1 Å². The summed E-state index contributed by atoms with van der Waals surface area (Å²) < 4.78 is 50.2. The lowest BCUT2D eigenvalue weighted by Gasteiger charge is -2.13. The largest absolute Gasteiger partial charge is 0.490 e. The van der Waals surface area contributed by atoms with E-state index < -0.39 is 22.4 Å². The third-order valence-electron chi connectivity index (χ3n) is 4.25. The van der Waals surface area contributed by atoms with Gasteiger partial charge in [-0.05, 0) is 42.8 Å². The summed E-state index contributed by atoms with van der Waals surface area (Å²) in [5, 5.41) is 11.3. The molecule has 0 spiro atoms. The van der Waals surface area contributed by atoms with Crippen molar-refractivity contribution >= 4 is 46.0 Å². The Labute approximate surface area is 189 Å². The molecule has 2 aromatic carbocycles. The van der Waals surface area contributed by atoms with Gasteiger partial charge in [0.05, 0.1) is 22.0 Å². The molecule has 32 heavy (non-hydrogen) atoms. The van der Waals surface area contributed by atoms with E-state index in [9.17, 15) is 28.1 Å². The molecule has 3 rings (SSSR count). The molecular formula is C20H15F3N2O5S2. The van der Waals surface area contributed by atoms with Crippen LogP contribution in [0.3, 0.4) is 0 Å². The average Bonchev–Trinajstić information content (AvgIpc) is 2.96. The number of hydrogen-bond donors (Lipinski definition) is 0. The SMILES string of the molecule is CCOc1cc(/C=C2\SC(=S)N(C)C2=O)ccc1Oc1ccc(C(F)(F)F)cc1[N+](=O)[O-]. The number of nitrogens with zero attached hydrogens (tertiary/aromatic N) is 2. The Morgan fingerprint density at radius 1 is 1.19 bits per heavy atom. The number of hydrogen-bond acceptors (Lipinski definition) is 7. The first-order valence-electron chi connectivity index (χ1n) is 9.03. The highest BCUT2D eigenvalue weighted by Gasteiger charge is 2.33. The minimum absolute atomic E-state index is 0.0647. The Hall–Kier alpha value is -3.12. The van der Waals surface area contributed by atoms with Gasteiger partial charge in [-0.2, -0.15) is 13.2 Å². The maximum Gasteiger partial charge on any atom is 0.416 e. The molecule has 0 radical (unpaired) electrons. The third kappa shape index (κ3) is 5.02. The van der Waals surface area contributed by atoms with Gasteiger partial charge in [-0.1, -0.05) is 30.0 Å². The number of ether oxygens (including phenoxy) is 2. The van der Waals surface area contributed by atoms with Gasteiger partial charge in [-0.15, -0.1) is 0 Å². The first kappa shape index (κ1) is 23.5. The topological polar surface area (TPSA) is 81.9 Å². The Morgan fingerprint density at radius 2 is 1.88 bits per heavy atom. The second-order valence-electron chi connectivity index (χ2n) is 6.42. The number of benzene rings is 2. The van der Waals surface area contributed by atoms with E-state index in [0.717, 1.165) is 17.8 Å². The fraction of sp³-hybridized carbons (Fsp3) is 0.200. The fourth-order valence-electron chi connectivity index (χ4n) is 2.71. The summed E-state index contributed by atoms with van der Waals surface area (Å²) in [6, 6.07) is 6.58. The molecule has 12 heteroatoms. The molecule has 168 valence electrons. The lowest BCUT2D eigenvalue weighted by molar-refractivity contribution is -0.385. The molecule has 0 aliphatic carbocycles. The molecule has 0 aromatic heterocycles. The van der Waals surface area contributed by atoms with Crippen molar-refractivity contribution in [3.63, 3.8) is 0 Å². The predicted molar refractivity (Wildman–Crippen MR) is 117 cm³/mol. The molecule has 1 aliphatic heterocycles. The molecule has 0 bridgehead atoms. The van der Waals surface area contributed by atoms with Crippen molar-refractivity contribution in [2.75, 3.05) is 13.7 Å². The van der Waals surface area contributed by atoms with Gasteiger partial charge in [-0.3, -0.25) is 19.8 Å². The fourth-order valence-corrected chi connectivity index (χ4v) is 3.88. The molecular weight excluding hydrogens is 469 g/mol. The second-order valence-corrected chi connectivity index (χ2v) is 8.10. The van der Waals surface area contributed by atoms with Crippen LogP contribution in [0.15, 0.2) is 41.3 Å². The number of halogens is 3. The van der Waals surface area contributed by atoms with Gasteiger partial charge in [0.25, 0.3) is 5.91 Å². The van der Waals surface area contributed by atoms with Crippen molar-refractivity contribution in [3.8, 4) is 17.2 Å². The monoisotopic (exact) mass is 484 g/mol. The zero-order valence-electron chi connectivity index (χ0n) is 16.6. The summed E-state index contributed by atoms with van der Waals surface area (Å²) >= 11 is 6.24. The van der Waals surface area contributed by atoms with Crippen LogP contribution in [0.2, 0.25) is 0 Å². The molecule has 1 aliphatic rings. The van der Waals surface area contributed by atoms with Crippen LogP contribution in [0.25, 0.3) is 6.08 Å². The van der Waals surface area contributed by atoms with Crippen LogP contribution in [0, 0.1) is 10.1 Å². The van der Waals surface area contributed by atoms with E-state index in [1.165, 1.54) is 11.0 Å². The first-order chi connectivity index (χ1) is 15.0. The maximum atomic E-state index is 12.9. The van der Waals surface area contributed by atoms with Gasteiger partial charge < -0.3 is 9.47 Å². The number of carbonyl (C=O) groups is 1. The lowest BCUT2D eigenvalue weighted by Crippen LogP contribution is -2.22. The van der Waals surface area contributed by atoms with Crippen LogP contribution in [-0.4, -0.2) is 33.7 Å². The first-order valence-corrected chi connectivity index (χ1v) is 10.3. The molecule has 1 heterocycles. The lowest BCUT2D eigenvalue weighted by atomic mass is 10.1. The highest BCUT2D eigenvalue weighted by Crippen LogP contribution is 2.41. The van der Waals surface area contributed by atoms with Gasteiger partial charge >= 0.3 is 11.9 Å². The van der Waals surface area contributed by atoms with E-state index in [1.54, 1.807) is 32.2 Å². The second kappa shape index (κ2) is 9.17. The molecule has 1 fully saturated rings. The van der Waals surface area contributed by atoms with Crippen LogP contribution < -0.4 is 9.47 Å². The van der Waals surface area contributed by atoms with Crippen LogP contribution in [0.4, 0.5) is 18.9 Å². The number of rotatable bonds is 6. The number of likely N-dealkylation sites (N-methyl/N-ethyl adjacent to an activating group) is 1. The Kier molecular flexibility index (Phi) is 6.74. The van der Waals surface area contributed by atoms with Crippen molar-refractivity contribution in [2.24, 2.45) is 0 Å². The maximum absolute atomic E-state index is 12.9. The van der Waals surface area contributed by atoms with E-state index in [2.05, 4.69) is 0 Å². The number of amides is 1. The quantitative estimate of drug-likeness (QED) is 0.227. The van der Waals surface area contributed by atoms with Gasteiger partial charge in [0.1, 0.15) is 4.32 Å². The summed E-state index contributed by atoms with van der Waals surface area (Å²) in [6.07, 6.45) is -3.13. The van der Waals surface area contributed by atoms with Crippen LogP contribution in [-0.2, 0) is 11.0 Å². The van der Waals surface area contributed by atoms with Crippen LogP contribution in [0.1, 0.15) is 18.1 Å². The standard InChI is InChI=1S/C20H15F3N2O5S2/c1-3-29-16-8-11(9-17-18(26)24(2)19(31)32-17)4-6-15(16)30-14-7-5-12(20(21,22)23)10-13(14)25(27)28/h4-10H,3H2,1-2H3/b17-9-. The minimum atomic E-state index is -4.74. The van der Waals surface area contributed by atoms with Crippen molar-refractivity contribution in [1.82, 2.24) is 4.90 Å². The zero-order valence-corrected chi connectivity index (χ0v) is 18.3. The van der Waals surface area contributed by atoms with Crippen molar-refractivity contribution in [2.45, 2.75) is 13.1 Å². The third-order valence-corrected chi connectivity index (χ3v) is 5.74. The molecule has 2 aromatic rings. The summed E-state index contributed by atoms with van der Waals surface area (Å²) in [4.78, 5) is 24.3. The zero-order chi connectivity index (χ0) is 23.6. The highest BCUT2D eigenvalue weighted by molar-refractivity contribution is 8.26. The average molecular weight is 484 g/mol. The highest BCUT2D eigenvalue weighted by atomic mass is 32.2. The number of alkyl halides is 3. The summed E-state index contributed by atoms with van der Waals surface area (Å²) in [5.41, 5.74) is -1.42. The van der Waals surface area contributed by atoms with Crippen molar-refractivity contribution in [3.05, 3.63) is 62.5 Å². The summed E-state index contributed by atoms with van der Waals surface area (Å²) in [5.74, 6) is -0.362. The van der Waals surface area contributed by atoms with Gasteiger partial charge in [0.15, 0.2) is 11.5 Å². The number of carbonyl (C=O) groups excluding carboxylic acids is 1. The number of nitro benzene ring substituents is 1. The molecule has 0 atom stereocenters. The Morgan fingerprint density at radius 3 is 2.44 bits per heavy atom. The van der Waals surface area contributed by atoms with Crippen molar-refractivity contribution < 1.29 is 32.4 Å². The molecule has 1 saturated heterocycles. The molecule has 0 saturated carbocycles. The number of thioether (sulfide) groups is 1. The van der Waals surface area contributed by atoms with Crippen molar-refractivity contribution in [1.29, 1.82) is 0 Å². The van der Waals surface area contributed by atoms with Crippen LogP contribution in [0.5, 0.6) is 17.2 Å². The number of thiocarbonyl (C=S) groups is 1. The summed E-state index contributed by atoms with van der Waals surface area (Å²) in [7, 11) is 1.57. The van der Waals surface area contributed by atoms with E-state index in [4.69, 9.17) is 21.7 Å². The molecule has 1 amide bonds. The van der Waals surface area contributed by atoms with Gasteiger partial charge in [-0.25, -0.2) is 0 Å². The molecule has 7 nitrogen and oxygen atoms in total. The predicted octanol–water partition coefficient (Wildman–Crippen LogP) is 5.64. The normalized spacial score (nSPS) is 15.4. The number of nitro groups is 1. The van der Waals surface area contributed by atoms with E-state index in [-0.39, 0.29) is 29.8 Å². The Bertz CT molecular complexity index is 1130. The molecule has 0 unspecified atom stereocenters.